The highest BCUT2D eigenvalue weighted by molar-refractivity contribution is 5.96. The third kappa shape index (κ3) is 5.55. The third-order valence-electron chi connectivity index (χ3n) is 7.64. The van der Waals surface area contributed by atoms with Gasteiger partial charge in [0.05, 0.1) is 12.1 Å². The fourth-order valence-electron chi connectivity index (χ4n) is 5.12. The maximum absolute atomic E-state index is 14.1. The van der Waals surface area contributed by atoms with Gasteiger partial charge < -0.3 is 14.5 Å². The van der Waals surface area contributed by atoms with Crippen molar-refractivity contribution in [3.05, 3.63) is 94.6 Å². The molecule has 1 aliphatic carbocycles. The van der Waals surface area contributed by atoms with Crippen LogP contribution in [0.3, 0.4) is 0 Å². The number of benzene rings is 2. The van der Waals surface area contributed by atoms with Crippen molar-refractivity contribution >= 4 is 5.91 Å². The Kier molecular flexibility index (Phi) is 7.12. The Bertz CT molecular complexity index is 1680. The first-order chi connectivity index (χ1) is 19.3. The van der Waals surface area contributed by atoms with Crippen LogP contribution in [0.1, 0.15) is 53.9 Å². The van der Waals surface area contributed by atoms with E-state index in [0.29, 0.717) is 11.1 Å². The highest BCUT2D eigenvalue weighted by atomic mass is 19.4. The van der Waals surface area contributed by atoms with Gasteiger partial charge in [0.2, 0.25) is 5.62 Å². The van der Waals surface area contributed by atoms with E-state index in [1.807, 2.05) is 0 Å². The number of carbonyl (C=O) groups excluding carboxylic acids is 1. The van der Waals surface area contributed by atoms with E-state index in [9.17, 15) is 26.7 Å². The molecule has 41 heavy (non-hydrogen) atoms. The third-order valence-corrected chi connectivity index (χ3v) is 7.64. The van der Waals surface area contributed by atoms with Gasteiger partial charge in [0.1, 0.15) is 0 Å². The van der Waals surface area contributed by atoms with Crippen LogP contribution in [0.15, 0.2) is 55.0 Å². The smallest absolute Gasteiger partial charge is 0.343 e. The number of hydrogen-bond acceptors (Lipinski definition) is 3. The lowest BCUT2D eigenvalue weighted by Gasteiger charge is -2.32. The second kappa shape index (κ2) is 10.3. The fraction of sp³-hybridized carbons (Fsp3) is 0.345. The van der Waals surface area contributed by atoms with E-state index in [4.69, 9.17) is 5.41 Å². The molecule has 12 heteroatoms. The van der Waals surface area contributed by atoms with Gasteiger partial charge in [-0.15, -0.1) is 0 Å². The predicted molar refractivity (Wildman–Crippen MR) is 141 cm³/mol. The Balaban J connectivity index is 1.60. The van der Waals surface area contributed by atoms with Gasteiger partial charge in [0.15, 0.2) is 17.3 Å². The van der Waals surface area contributed by atoms with Gasteiger partial charge in [-0.3, -0.25) is 14.9 Å². The van der Waals surface area contributed by atoms with E-state index in [2.05, 4.69) is 10.4 Å². The maximum Gasteiger partial charge on any atom is 0.435 e. The van der Waals surface area contributed by atoms with E-state index in [1.54, 1.807) is 54.6 Å². The number of imidazole rings is 1. The molecule has 1 aliphatic rings. The first-order valence-corrected chi connectivity index (χ1v) is 13.1. The highest BCUT2D eigenvalue weighted by Crippen LogP contribution is 2.46. The molecule has 0 bridgehead atoms. The van der Waals surface area contributed by atoms with Crippen LogP contribution in [0.5, 0.6) is 0 Å². The SMILES string of the molecule is CCn1cc(-c2cc(Cn3ccn(C)c3=N)cc(C(=O)N[C@](C)(c3ccc(F)c(F)c3)C3CC3)c2)c(C(F)(F)F)n1. The molecule has 0 unspecified atom stereocenters. The van der Waals surface area contributed by atoms with Gasteiger partial charge in [-0.05, 0) is 79.6 Å². The van der Waals surface area contributed by atoms with Gasteiger partial charge in [-0.25, -0.2) is 8.78 Å². The van der Waals surface area contributed by atoms with Gasteiger partial charge in [-0.1, -0.05) is 6.07 Å². The summed E-state index contributed by atoms with van der Waals surface area (Å²) >= 11 is 0. The Hall–Kier alpha value is -4.22. The van der Waals surface area contributed by atoms with Crippen LogP contribution >= 0.6 is 0 Å². The lowest BCUT2D eigenvalue weighted by molar-refractivity contribution is -0.141. The molecule has 4 aromatic rings. The average molecular weight is 573 g/mol. The van der Waals surface area contributed by atoms with Crippen molar-refractivity contribution in [1.82, 2.24) is 24.2 Å². The molecule has 2 aromatic carbocycles. The largest absolute Gasteiger partial charge is 0.435 e. The number of rotatable bonds is 8. The van der Waals surface area contributed by atoms with Crippen LogP contribution in [0.25, 0.3) is 11.1 Å². The van der Waals surface area contributed by atoms with Crippen molar-refractivity contribution in [2.45, 2.75) is 51.5 Å². The summed E-state index contributed by atoms with van der Waals surface area (Å²) in [6, 6.07) is 7.99. The average Bonchev–Trinajstić information content (AvgIpc) is 3.62. The van der Waals surface area contributed by atoms with E-state index in [1.165, 1.54) is 23.0 Å². The number of aromatic nitrogens is 4. The number of alkyl halides is 3. The van der Waals surface area contributed by atoms with Gasteiger partial charge in [0.25, 0.3) is 5.91 Å². The number of carbonyl (C=O) groups is 1. The zero-order chi connectivity index (χ0) is 29.7. The first kappa shape index (κ1) is 28.3. The molecule has 2 heterocycles. The molecule has 1 saturated carbocycles. The van der Waals surface area contributed by atoms with E-state index >= 15 is 0 Å². The van der Waals surface area contributed by atoms with E-state index in [0.717, 1.165) is 25.0 Å². The summed E-state index contributed by atoms with van der Waals surface area (Å²) in [5, 5.41) is 14.9. The molecule has 2 aromatic heterocycles. The van der Waals surface area contributed by atoms with Crippen LogP contribution in [0, 0.1) is 23.0 Å². The normalized spacial score (nSPS) is 15.1. The number of nitrogens with one attached hydrogen (secondary N) is 2. The maximum atomic E-state index is 14.1. The molecule has 5 rings (SSSR count). The van der Waals surface area contributed by atoms with Crippen molar-refractivity contribution in [2.75, 3.05) is 0 Å². The van der Waals surface area contributed by atoms with Crippen LogP contribution in [0.2, 0.25) is 0 Å². The molecule has 2 N–H and O–H groups in total. The molecule has 0 aliphatic heterocycles. The second-order valence-electron chi connectivity index (χ2n) is 10.6. The molecule has 0 spiro atoms. The molecule has 216 valence electrons. The molecule has 1 fully saturated rings. The number of aryl methyl sites for hydroxylation is 2. The van der Waals surface area contributed by atoms with E-state index in [-0.39, 0.29) is 41.3 Å². The predicted octanol–water partition coefficient (Wildman–Crippen LogP) is 5.59. The summed E-state index contributed by atoms with van der Waals surface area (Å²) in [4.78, 5) is 13.8. The Morgan fingerprint density at radius 2 is 1.83 bits per heavy atom. The van der Waals surface area contributed by atoms with Crippen molar-refractivity contribution in [3.8, 4) is 11.1 Å². The molecule has 1 atom stereocenters. The quantitative estimate of drug-likeness (QED) is 0.270. The molecule has 0 saturated heterocycles. The first-order valence-electron chi connectivity index (χ1n) is 13.1. The van der Waals surface area contributed by atoms with Gasteiger partial charge in [0, 0.05) is 43.3 Å². The minimum atomic E-state index is -4.73. The molecule has 0 radical (unpaired) electrons. The van der Waals surface area contributed by atoms with Crippen LogP contribution in [-0.4, -0.2) is 24.8 Å². The lowest BCUT2D eigenvalue weighted by atomic mass is 9.86. The van der Waals surface area contributed by atoms with Crippen molar-refractivity contribution < 1.29 is 26.7 Å². The van der Waals surface area contributed by atoms with Crippen molar-refractivity contribution in [2.24, 2.45) is 13.0 Å². The number of halogens is 5. The fourth-order valence-corrected chi connectivity index (χ4v) is 5.12. The number of amides is 1. The Morgan fingerprint density at radius 3 is 2.41 bits per heavy atom. The van der Waals surface area contributed by atoms with Crippen LogP contribution in [0.4, 0.5) is 22.0 Å². The number of nitrogens with zero attached hydrogens (tertiary/aromatic N) is 4. The summed E-state index contributed by atoms with van der Waals surface area (Å²) in [6.07, 6.45) is 1.44. The van der Waals surface area contributed by atoms with Gasteiger partial charge >= 0.3 is 6.18 Å². The van der Waals surface area contributed by atoms with Crippen molar-refractivity contribution in [3.63, 3.8) is 0 Å². The molecular formula is C29H29F5N6O. The molecular weight excluding hydrogens is 543 g/mol. The zero-order valence-electron chi connectivity index (χ0n) is 22.7. The summed E-state index contributed by atoms with van der Waals surface area (Å²) in [7, 11) is 1.69. The minimum Gasteiger partial charge on any atom is -0.343 e. The number of hydrogen-bond donors (Lipinski definition) is 2. The Morgan fingerprint density at radius 1 is 1.10 bits per heavy atom. The molecule has 1 amide bonds. The zero-order valence-corrected chi connectivity index (χ0v) is 22.7. The van der Waals surface area contributed by atoms with Crippen LogP contribution < -0.4 is 10.9 Å². The summed E-state index contributed by atoms with van der Waals surface area (Å²) < 4.78 is 74.1. The van der Waals surface area contributed by atoms with Gasteiger partial charge in [-0.2, -0.15) is 18.3 Å². The minimum absolute atomic E-state index is 0.0238. The van der Waals surface area contributed by atoms with Crippen molar-refractivity contribution in [1.29, 1.82) is 5.41 Å². The van der Waals surface area contributed by atoms with E-state index < -0.39 is 35.0 Å². The monoisotopic (exact) mass is 572 g/mol. The van der Waals surface area contributed by atoms with Crippen LogP contribution in [-0.2, 0) is 31.9 Å². The topological polar surface area (TPSA) is 80.6 Å². The molecule has 7 nitrogen and oxygen atoms in total. The Labute approximate surface area is 232 Å². The standard InChI is InChI=1S/C29H29F5N6O/c1-4-40-16-22(25(37-40)29(32,33)34)18-11-17(15-39-10-9-38(3)27(39)35)12-19(13-18)26(41)36-28(2,20-5-6-20)21-7-8-23(30)24(31)14-21/h7-14,16,20,35H,4-6,15H2,1-3H3,(H,36,41)/t28-/m0/s1. The lowest BCUT2D eigenvalue weighted by Crippen LogP contribution is -2.45. The second-order valence-corrected chi connectivity index (χ2v) is 10.6. The highest BCUT2D eigenvalue weighted by Gasteiger charge is 2.44. The summed E-state index contributed by atoms with van der Waals surface area (Å²) in [5.74, 6) is -2.64. The summed E-state index contributed by atoms with van der Waals surface area (Å²) in [5.41, 5.74) is -0.992. The summed E-state index contributed by atoms with van der Waals surface area (Å²) in [6.45, 7) is 3.75.